The zero-order valence-electron chi connectivity index (χ0n) is 9.60. The molecule has 0 unspecified atom stereocenters. The van der Waals surface area contributed by atoms with Crippen molar-refractivity contribution in [1.29, 1.82) is 0 Å². The van der Waals surface area contributed by atoms with Crippen molar-refractivity contribution in [3.05, 3.63) is 59.4 Å². The van der Waals surface area contributed by atoms with Gasteiger partial charge in [0.05, 0.1) is 0 Å². The third kappa shape index (κ3) is 2.78. The van der Waals surface area contributed by atoms with E-state index < -0.39 is 0 Å². The van der Waals surface area contributed by atoms with Gasteiger partial charge < -0.3 is 5.73 Å². The molecule has 2 rings (SSSR count). The Hall–Kier alpha value is -1.65. The lowest BCUT2D eigenvalue weighted by molar-refractivity contribution is 0.112. The molecular weight excluding hydrogens is 249 g/mol. The third-order valence-corrected chi connectivity index (χ3v) is 3.72. The molecule has 0 saturated heterocycles. The summed E-state index contributed by atoms with van der Waals surface area (Å²) < 4.78 is 13.1. The van der Waals surface area contributed by atoms with Gasteiger partial charge in [-0.1, -0.05) is 30.0 Å². The molecule has 18 heavy (non-hydrogen) atoms. The number of nitrogens with two attached hydrogens (primary N) is 1. The van der Waals surface area contributed by atoms with Gasteiger partial charge in [0.25, 0.3) is 0 Å². The van der Waals surface area contributed by atoms with Gasteiger partial charge in [0.15, 0.2) is 6.29 Å². The number of halogens is 1. The van der Waals surface area contributed by atoms with E-state index in [0.717, 1.165) is 21.6 Å². The standard InChI is InChI=1S/C14H12FNOS/c15-12-5-6-14(11(7-12)8-16)18-13-4-2-1-3-10(13)9-17/h1-7,9H,8,16H2. The second-order valence-electron chi connectivity index (χ2n) is 3.71. The molecule has 0 aliphatic carbocycles. The van der Waals surface area contributed by atoms with Gasteiger partial charge >= 0.3 is 0 Å². The van der Waals surface area contributed by atoms with Crippen LogP contribution in [0.2, 0.25) is 0 Å². The van der Waals surface area contributed by atoms with Crippen LogP contribution in [0.4, 0.5) is 4.39 Å². The highest BCUT2D eigenvalue weighted by molar-refractivity contribution is 7.99. The van der Waals surface area contributed by atoms with Gasteiger partial charge in [-0.25, -0.2) is 4.39 Å². The monoisotopic (exact) mass is 261 g/mol. The fraction of sp³-hybridized carbons (Fsp3) is 0.0714. The molecule has 0 fully saturated rings. The van der Waals surface area contributed by atoms with E-state index >= 15 is 0 Å². The summed E-state index contributed by atoms with van der Waals surface area (Å²) in [6, 6.07) is 11.8. The van der Waals surface area contributed by atoms with Crippen LogP contribution in [0.3, 0.4) is 0 Å². The first-order valence-electron chi connectivity index (χ1n) is 5.45. The molecule has 2 aromatic rings. The summed E-state index contributed by atoms with van der Waals surface area (Å²) in [6.45, 7) is 0.267. The van der Waals surface area contributed by atoms with Crippen LogP contribution in [0.25, 0.3) is 0 Å². The number of carbonyl (C=O) groups excluding carboxylic acids is 1. The number of hydrogen-bond donors (Lipinski definition) is 1. The quantitative estimate of drug-likeness (QED) is 0.859. The van der Waals surface area contributed by atoms with Crippen molar-refractivity contribution in [2.45, 2.75) is 16.3 Å². The zero-order valence-corrected chi connectivity index (χ0v) is 10.4. The van der Waals surface area contributed by atoms with Gasteiger partial charge in [0, 0.05) is 21.9 Å². The van der Waals surface area contributed by atoms with Crippen molar-refractivity contribution in [2.75, 3.05) is 0 Å². The normalized spacial score (nSPS) is 10.3. The Morgan fingerprint density at radius 2 is 1.94 bits per heavy atom. The molecule has 0 aliphatic heterocycles. The summed E-state index contributed by atoms with van der Waals surface area (Å²) in [5, 5.41) is 0. The largest absolute Gasteiger partial charge is 0.326 e. The molecule has 0 radical (unpaired) electrons. The van der Waals surface area contributed by atoms with E-state index in [1.54, 1.807) is 12.1 Å². The van der Waals surface area contributed by atoms with Crippen LogP contribution in [-0.4, -0.2) is 6.29 Å². The average molecular weight is 261 g/mol. The van der Waals surface area contributed by atoms with Crippen LogP contribution < -0.4 is 5.73 Å². The van der Waals surface area contributed by atoms with E-state index in [1.807, 2.05) is 18.2 Å². The predicted molar refractivity (Wildman–Crippen MR) is 70.2 cm³/mol. The van der Waals surface area contributed by atoms with Crippen molar-refractivity contribution in [3.63, 3.8) is 0 Å². The molecular formula is C14H12FNOS. The third-order valence-electron chi connectivity index (χ3n) is 2.51. The molecule has 0 aliphatic rings. The van der Waals surface area contributed by atoms with Crippen LogP contribution >= 0.6 is 11.8 Å². The molecule has 2 aromatic carbocycles. The molecule has 0 bridgehead atoms. The molecule has 0 saturated carbocycles. The Balaban J connectivity index is 2.36. The highest BCUT2D eigenvalue weighted by Crippen LogP contribution is 2.32. The van der Waals surface area contributed by atoms with Crippen molar-refractivity contribution in [1.82, 2.24) is 0 Å². The van der Waals surface area contributed by atoms with Gasteiger partial charge in [-0.2, -0.15) is 0 Å². The molecule has 2 N–H and O–H groups in total. The summed E-state index contributed by atoms with van der Waals surface area (Å²) in [5.41, 5.74) is 6.95. The van der Waals surface area contributed by atoms with E-state index in [-0.39, 0.29) is 12.4 Å². The van der Waals surface area contributed by atoms with E-state index in [2.05, 4.69) is 0 Å². The second kappa shape index (κ2) is 5.80. The summed E-state index contributed by atoms with van der Waals surface area (Å²) in [6.07, 6.45) is 0.813. The zero-order chi connectivity index (χ0) is 13.0. The smallest absolute Gasteiger partial charge is 0.151 e. The van der Waals surface area contributed by atoms with E-state index in [1.165, 1.54) is 23.9 Å². The van der Waals surface area contributed by atoms with Gasteiger partial charge in [0.2, 0.25) is 0 Å². The summed E-state index contributed by atoms with van der Waals surface area (Å²) in [4.78, 5) is 12.6. The molecule has 2 nitrogen and oxygen atoms in total. The molecule has 0 aromatic heterocycles. The van der Waals surface area contributed by atoms with E-state index in [0.29, 0.717) is 5.56 Å². The Bertz CT molecular complexity index is 571. The highest BCUT2D eigenvalue weighted by Gasteiger charge is 2.07. The minimum Gasteiger partial charge on any atom is -0.326 e. The van der Waals surface area contributed by atoms with Crippen LogP contribution in [0, 0.1) is 5.82 Å². The van der Waals surface area contributed by atoms with Crippen LogP contribution in [0.1, 0.15) is 15.9 Å². The maximum atomic E-state index is 13.1. The first kappa shape index (κ1) is 12.8. The Morgan fingerprint density at radius 3 is 2.67 bits per heavy atom. The van der Waals surface area contributed by atoms with Crippen molar-refractivity contribution in [3.8, 4) is 0 Å². The number of aldehydes is 1. The number of hydrogen-bond acceptors (Lipinski definition) is 3. The van der Waals surface area contributed by atoms with Gasteiger partial charge in [0.1, 0.15) is 5.82 Å². The Kier molecular flexibility index (Phi) is 4.12. The minimum absolute atomic E-state index is 0.267. The first-order chi connectivity index (χ1) is 8.74. The maximum absolute atomic E-state index is 13.1. The Labute approximate surface area is 109 Å². The number of carbonyl (C=O) groups is 1. The molecule has 0 amide bonds. The average Bonchev–Trinajstić information content (AvgIpc) is 2.41. The van der Waals surface area contributed by atoms with Crippen LogP contribution in [-0.2, 0) is 6.54 Å². The fourth-order valence-corrected chi connectivity index (χ4v) is 2.62. The predicted octanol–water partition coefficient (Wildman–Crippen LogP) is 3.25. The van der Waals surface area contributed by atoms with Crippen LogP contribution in [0.15, 0.2) is 52.3 Å². The maximum Gasteiger partial charge on any atom is 0.151 e. The molecule has 0 spiro atoms. The lowest BCUT2D eigenvalue weighted by Crippen LogP contribution is -1.99. The molecule has 0 atom stereocenters. The lowest BCUT2D eigenvalue weighted by Gasteiger charge is -2.08. The van der Waals surface area contributed by atoms with Gasteiger partial charge in [-0.3, -0.25) is 4.79 Å². The highest BCUT2D eigenvalue weighted by atomic mass is 32.2. The van der Waals surface area contributed by atoms with Gasteiger partial charge in [-0.05, 0) is 29.8 Å². The number of rotatable bonds is 4. The van der Waals surface area contributed by atoms with E-state index in [9.17, 15) is 9.18 Å². The minimum atomic E-state index is -0.302. The molecule has 92 valence electrons. The summed E-state index contributed by atoms with van der Waals surface area (Å²) in [7, 11) is 0. The second-order valence-corrected chi connectivity index (χ2v) is 4.80. The fourth-order valence-electron chi connectivity index (χ4n) is 1.60. The SMILES string of the molecule is NCc1cc(F)ccc1Sc1ccccc1C=O. The number of benzene rings is 2. The molecule has 4 heteroatoms. The van der Waals surface area contributed by atoms with E-state index in [4.69, 9.17) is 5.73 Å². The van der Waals surface area contributed by atoms with Crippen molar-refractivity contribution < 1.29 is 9.18 Å². The molecule has 0 heterocycles. The van der Waals surface area contributed by atoms with Crippen molar-refractivity contribution in [2.24, 2.45) is 5.73 Å². The Morgan fingerprint density at radius 1 is 1.17 bits per heavy atom. The first-order valence-corrected chi connectivity index (χ1v) is 6.27. The van der Waals surface area contributed by atoms with Crippen LogP contribution in [0.5, 0.6) is 0 Å². The van der Waals surface area contributed by atoms with Gasteiger partial charge in [-0.15, -0.1) is 0 Å². The van der Waals surface area contributed by atoms with Crippen molar-refractivity contribution >= 4 is 18.0 Å². The summed E-state index contributed by atoms with van der Waals surface area (Å²) in [5.74, 6) is -0.302. The summed E-state index contributed by atoms with van der Waals surface area (Å²) >= 11 is 1.42. The topological polar surface area (TPSA) is 43.1 Å². The lowest BCUT2D eigenvalue weighted by atomic mass is 10.2.